The van der Waals surface area contributed by atoms with Crippen LogP contribution in [0.2, 0.25) is 0 Å². The van der Waals surface area contributed by atoms with Gasteiger partial charge in [-0.25, -0.2) is 0 Å². The lowest BCUT2D eigenvalue weighted by atomic mass is 10.1. The van der Waals surface area contributed by atoms with Crippen molar-refractivity contribution in [3.8, 4) is 0 Å². The SMILES string of the molecule is O=C(C=Cc1ccccc1)N1CCC(O)CC1. The standard InChI is InChI=1S/C14H17NO2/c16-13-8-10-15(11-9-13)14(17)7-6-12-4-2-1-3-5-12/h1-7,13,16H,8-11H2. The molecule has 1 aromatic carbocycles. The molecule has 1 aliphatic heterocycles. The minimum Gasteiger partial charge on any atom is -0.393 e. The van der Waals surface area contributed by atoms with Crippen LogP contribution in [0.15, 0.2) is 36.4 Å². The van der Waals surface area contributed by atoms with Gasteiger partial charge in [-0.2, -0.15) is 0 Å². The third-order valence-electron chi connectivity index (χ3n) is 2.99. The molecule has 2 rings (SSSR count). The van der Waals surface area contributed by atoms with E-state index < -0.39 is 0 Å². The second-order valence-corrected chi connectivity index (χ2v) is 4.30. The summed E-state index contributed by atoms with van der Waals surface area (Å²) in [5.41, 5.74) is 1.03. The van der Waals surface area contributed by atoms with Gasteiger partial charge in [0.15, 0.2) is 0 Å². The van der Waals surface area contributed by atoms with Crippen molar-refractivity contribution in [2.75, 3.05) is 13.1 Å². The van der Waals surface area contributed by atoms with E-state index in [1.165, 1.54) is 0 Å². The molecule has 0 aliphatic carbocycles. The van der Waals surface area contributed by atoms with Crippen LogP contribution in [0.25, 0.3) is 6.08 Å². The zero-order valence-corrected chi connectivity index (χ0v) is 9.75. The smallest absolute Gasteiger partial charge is 0.246 e. The van der Waals surface area contributed by atoms with Gasteiger partial charge >= 0.3 is 0 Å². The average molecular weight is 231 g/mol. The molecule has 90 valence electrons. The number of nitrogens with zero attached hydrogens (tertiary/aromatic N) is 1. The molecule has 17 heavy (non-hydrogen) atoms. The van der Waals surface area contributed by atoms with E-state index in [2.05, 4.69) is 0 Å². The van der Waals surface area contributed by atoms with Crippen molar-refractivity contribution in [1.29, 1.82) is 0 Å². The monoisotopic (exact) mass is 231 g/mol. The molecule has 1 N–H and O–H groups in total. The van der Waals surface area contributed by atoms with Crippen LogP contribution in [0.1, 0.15) is 18.4 Å². The lowest BCUT2D eigenvalue weighted by Gasteiger charge is -2.28. The molecule has 1 amide bonds. The first kappa shape index (κ1) is 11.9. The van der Waals surface area contributed by atoms with Crippen molar-refractivity contribution < 1.29 is 9.90 Å². The van der Waals surface area contributed by atoms with E-state index in [0.717, 1.165) is 5.56 Å². The van der Waals surface area contributed by atoms with Crippen molar-refractivity contribution in [1.82, 2.24) is 4.90 Å². The maximum Gasteiger partial charge on any atom is 0.246 e. The van der Waals surface area contributed by atoms with Crippen LogP contribution >= 0.6 is 0 Å². The Hall–Kier alpha value is -1.61. The second-order valence-electron chi connectivity index (χ2n) is 4.30. The molecule has 0 saturated carbocycles. The van der Waals surface area contributed by atoms with Gasteiger partial charge in [0.05, 0.1) is 6.10 Å². The predicted molar refractivity (Wildman–Crippen MR) is 67.3 cm³/mol. The van der Waals surface area contributed by atoms with Crippen molar-refractivity contribution in [2.45, 2.75) is 18.9 Å². The Bertz CT molecular complexity index is 392. The summed E-state index contributed by atoms with van der Waals surface area (Å²) < 4.78 is 0. The van der Waals surface area contributed by atoms with E-state index in [1.54, 1.807) is 11.0 Å². The Labute approximate surface area is 101 Å². The van der Waals surface area contributed by atoms with E-state index in [4.69, 9.17) is 0 Å². The summed E-state index contributed by atoms with van der Waals surface area (Å²) in [6.07, 6.45) is 4.56. The van der Waals surface area contributed by atoms with Crippen molar-refractivity contribution in [3.05, 3.63) is 42.0 Å². The Kier molecular flexibility index (Phi) is 3.94. The first-order valence-corrected chi connectivity index (χ1v) is 5.96. The zero-order valence-electron chi connectivity index (χ0n) is 9.75. The van der Waals surface area contributed by atoms with Crippen LogP contribution in [0.5, 0.6) is 0 Å². The van der Waals surface area contributed by atoms with Crippen molar-refractivity contribution in [2.24, 2.45) is 0 Å². The average Bonchev–Trinajstić information content (AvgIpc) is 2.38. The molecule has 0 unspecified atom stereocenters. The van der Waals surface area contributed by atoms with Gasteiger partial charge in [0.1, 0.15) is 0 Å². The number of hydrogen-bond donors (Lipinski definition) is 1. The lowest BCUT2D eigenvalue weighted by Crippen LogP contribution is -2.39. The number of amides is 1. The molecule has 0 atom stereocenters. The first-order valence-electron chi connectivity index (χ1n) is 5.96. The summed E-state index contributed by atoms with van der Waals surface area (Å²) in [5.74, 6) is 0.0285. The normalized spacial score (nSPS) is 17.6. The van der Waals surface area contributed by atoms with E-state index in [9.17, 15) is 9.90 Å². The molecule has 1 aliphatic rings. The number of benzene rings is 1. The molecule has 1 heterocycles. The lowest BCUT2D eigenvalue weighted by molar-refractivity contribution is -0.127. The van der Waals surface area contributed by atoms with Crippen LogP contribution in [0.4, 0.5) is 0 Å². The molecule has 3 nitrogen and oxygen atoms in total. The molecule has 0 bridgehead atoms. The van der Waals surface area contributed by atoms with Crippen LogP contribution in [-0.2, 0) is 4.79 Å². The van der Waals surface area contributed by atoms with Gasteiger partial charge in [0.2, 0.25) is 5.91 Å². The molecular weight excluding hydrogens is 214 g/mol. The highest BCUT2D eigenvalue weighted by molar-refractivity contribution is 5.91. The fourth-order valence-electron chi connectivity index (χ4n) is 1.92. The Morgan fingerprint density at radius 3 is 2.53 bits per heavy atom. The maximum atomic E-state index is 11.8. The number of aliphatic hydroxyl groups is 1. The molecule has 0 spiro atoms. The predicted octanol–water partition coefficient (Wildman–Crippen LogP) is 1.68. The minimum absolute atomic E-state index is 0.0285. The molecular formula is C14H17NO2. The topological polar surface area (TPSA) is 40.5 Å². The fraction of sp³-hybridized carbons (Fsp3) is 0.357. The Balaban J connectivity index is 1.91. The highest BCUT2D eigenvalue weighted by Crippen LogP contribution is 2.11. The molecule has 0 radical (unpaired) electrons. The van der Waals surface area contributed by atoms with Crippen LogP contribution < -0.4 is 0 Å². The van der Waals surface area contributed by atoms with E-state index in [-0.39, 0.29) is 12.0 Å². The third-order valence-corrected chi connectivity index (χ3v) is 2.99. The third kappa shape index (κ3) is 3.43. The number of hydrogen-bond acceptors (Lipinski definition) is 2. The quantitative estimate of drug-likeness (QED) is 0.787. The van der Waals surface area contributed by atoms with E-state index >= 15 is 0 Å². The van der Waals surface area contributed by atoms with Gasteiger partial charge in [0, 0.05) is 19.2 Å². The van der Waals surface area contributed by atoms with E-state index in [0.29, 0.717) is 25.9 Å². The van der Waals surface area contributed by atoms with Crippen LogP contribution in [0.3, 0.4) is 0 Å². The van der Waals surface area contributed by atoms with Crippen LogP contribution in [0, 0.1) is 0 Å². The number of likely N-dealkylation sites (tertiary alicyclic amines) is 1. The highest BCUT2D eigenvalue weighted by Gasteiger charge is 2.19. The summed E-state index contributed by atoms with van der Waals surface area (Å²) in [7, 11) is 0. The summed E-state index contributed by atoms with van der Waals surface area (Å²) in [4.78, 5) is 13.6. The largest absolute Gasteiger partial charge is 0.393 e. The highest BCUT2D eigenvalue weighted by atomic mass is 16.3. The summed E-state index contributed by atoms with van der Waals surface area (Å²) in [6, 6.07) is 9.77. The summed E-state index contributed by atoms with van der Waals surface area (Å²) >= 11 is 0. The summed E-state index contributed by atoms with van der Waals surface area (Å²) in [5, 5.41) is 9.36. The number of piperidine rings is 1. The first-order chi connectivity index (χ1) is 8.25. The van der Waals surface area contributed by atoms with Gasteiger partial charge in [-0.3, -0.25) is 4.79 Å². The van der Waals surface area contributed by atoms with Gasteiger partial charge in [-0.15, -0.1) is 0 Å². The van der Waals surface area contributed by atoms with Gasteiger partial charge in [-0.05, 0) is 24.5 Å². The Morgan fingerprint density at radius 2 is 1.88 bits per heavy atom. The molecule has 1 aromatic rings. The summed E-state index contributed by atoms with van der Waals surface area (Å²) in [6.45, 7) is 1.30. The number of aliphatic hydroxyl groups excluding tert-OH is 1. The second kappa shape index (κ2) is 5.64. The van der Waals surface area contributed by atoms with E-state index in [1.807, 2.05) is 36.4 Å². The minimum atomic E-state index is -0.239. The molecule has 1 fully saturated rings. The Morgan fingerprint density at radius 1 is 1.24 bits per heavy atom. The molecule has 3 heteroatoms. The molecule has 0 aromatic heterocycles. The number of rotatable bonds is 2. The number of carbonyl (C=O) groups excluding carboxylic acids is 1. The zero-order chi connectivity index (χ0) is 12.1. The fourth-order valence-corrected chi connectivity index (χ4v) is 1.92. The maximum absolute atomic E-state index is 11.8. The number of carbonyl (C=O) groups is 1. The van der Waals surface area contributed by atoms with Crippen molar-refractivity contribution in [3.63, 3.8) is 0 Å². The van der Waals surface area contributed by atoms with Gasteiger partial charge in [0.25, 0.3) is 0 Å². The van der Waals surface area contributed by atoms with Gasteiger partial charge < -0.3 is 10.0 Å². The van der Waals surface area contributed by atoms with Crippen LogP contribution in [-0.4, -0.2) is 35.1 Å². The molecule has 1 saturated heterocycles. The van der Waals surface area contributed by atoms with Crippen molar-refractivity contribution >= 4 is 12.0 Å². The van der Waals surface area contributed by atoms with Gasteiger partial charge in [-0.1, -0.05) is 30.3 Å².